The van der Waals surface area contributed by atoms with E-state index < -0.39 is 5.97 Å². The molecule has 1 fully saturated rings. The van der Waals surface area contributed by atoms with Gasteiger partial charge in [-0.2, -0.15) is 0 Å². The first-order valence-electron chi connectivity index (χ1n) is 10.7. The van der Waals surface area contributed by atoms with Gasteiger partial charge in [0.1, 0.15) is 11.6 Å². The van der Waals surface area contributed by atoms with Crippen LogP contribution in [0, 0.1) is 6.92 Å². The molecule has 154 valence electrons. The summed E-state index contributed by atoms with van der Waals surface area (Å²) in [6.45, 7) is 4.85. The fourth-order valence-electron chi connectivity index (χ4n) is 4.35. The number of carbonyl (C=O) groups is 1. The Labute approximate surface area is 203 Å². The van der Waals surface area contributed by atoms with Gasteiger partial charge in [-0.25, -0.2) is 9.97 Å². The number of carboxylic acid groups (broad SMARTS) is 1. The molecule has 0 N–H and O–H groups in total. The standard InChI is InChI=1S/C24H26N4O2.Na/c1-3-5-21-26-23-15(2)6-4-7-20(23)27(21)13-16-8-11-19-18(12-16)25-24(17-9-10-17)28(19)14-22(29)30;/h4,6-8,11-12,17H,3,5,9-10,13-14H2,1-2H3,(H,29,30);/q;+1/p-1. The minimum Gasteiger partial charge on any atom is -0.548 e. The number of benzene rings is 2. The molecule has 2 aromatic heterocycles. The fraction of sp³-hybridized carbons (Fsp3) is 0.375. The molecule has 6 nitrogen and oxygen atoms in total. The van der Waals surface area contributed by atoms with E-state index in [1.807, 2.05) is 10.6 Å². The van der Waals surface area contributed by atoms with Crippen LogP contribution in [0.3, 0.4) is 0 Å². The summed E-state index contributed by atoms with van der Waals surface area (Å²) < 4.78 is 4.11. The zero-order chi connectivity index (χ0) is 20.8. The Hall–Kier alpha value is -2.15. The number of carbonyl (C=O) groups excluding carboxylic acids is 1. The first-order valence-corrected chi connectivity index (χ1v) is 10.7. The van der Waals surface area contributed by atoms with Crippen LogP contribution >= 0.6 is 0 Å². The Kier molecular flexibility index (Phi) is 6.24. The van der Waals surface area contributed by atoms with Gasteiger partial charge in [0, 0.05) is 18.9 Å². The van der Waals surface area contributed by atoms with Gasteiger partial charge >= 0.3 is 29.6 Å². The normalized spacial score (nSPS) is 13.6. The Bertz CT molecular complexity index is 1270. The van der Waals surface area contributed by atoms with Crippen LogP contribution in [0.15, 0.2) is 36.4 Å². The third-order valence-electron chi connectivity index (χ3n) is 5.95. The van der Waals surface area contributed by atoms with Gasteiger partial charge in [-0.15, -0.1) is 0 Å². The number of nitrogens with zero attached hydrogens (tertiary/aromatic N) is 4. The number of hydrogen-bond acceptors (Lipinski definition) is 4. The minimum absolute atomic E-state index is 0. The van der Waals surface area contributed by atoms with Gasteiger partial charge in [-0.05, 0) is 55.5 Å². The average molecular weight is 424 g/mol. The van der Waals surface area contributed by atoms with Crippen molar-refractivity contribution in [3.05, 3.63) is 59.2 Å². The average Bonchev–Trinajstić information content (AvgIpc) is 3.42. The van der Waals surface area contributed by atoms with Crippen LogP contribution in [0.1, 0.15) is 54.9 Å². The monoisotopic (exact) mass is 424 g/mol. The Morgan fingerprint density at radius 2 is 1.94 bits per heavy atom. The molecule has 0 aliphatic heterocycles. The number of hydrogen-bond donors (Lipinski definition) is 0. The van der Waals surface area contributed by atoms with Crippen LogP contribution in [0.25, 0.3) is 22.1 Å². The molecule has 1 aliphatic carbocycles. The van der Waals surface area contributed by atoms with Crippen molar-refractivity contribution >= 4 is 28.0 Å². The second-order valence-electron chi connectivity index (χ2n) is 8.33. The predicted octanol–water partition coefficient (Wildman–Crippen LogP) is 0.327. The molecule has 2 aromatic carbocycles. The van der Waals surface area contributed by atoms with E-state index in [2.05, 4.69) is 48.7 Å². The van der Waals surface area contributed by atoms with E-state index in [1.165, 1.54) is 5.56 Å². The second kappa shape index (κ2) is 8.77. The number of aryl methyl sites for hydroxylation is 2. The van der Waals surface area contributed by atoms with Gasteiger partial charge in [-0.3, -0.25) is 0 Å². The van der Waals surface area contributed by atoms with E-state index in [0.717, 1.165) is 71.5 Å². The van der Waals surface area contributed by atoms with Gasteiger partial charge in [0.15, 0.2) is 0 Å². The smallest absolute Gasteiger partial charge is 0.548 e. The molecule has 0 saturated heterocycles. The van der Waals surface area contributed by atoms with Crippen LogP contribution < -0.4 is 34.7 Å². The summed E-state index contributed by atoms with van der Waals surface area (Å²) >= 11 is 0. The van der Waals surface area contributed by atoms with Crippen molar-refractivity contribution in [3.63, 3.8) is 0 Å². The second-order valence-corrected chi connectivity index (χ2v) is 8.33. The van der Waals surface area contributed by atoms with Gasteiger partial charge in [0.25, 0.3) is 0 Å². The third-order valence-corrected chi connectivity index (χ3v) is 5.95. The molecule has 4 aromatic rings. The van der Waals surface area contributed by atoms with Gasteiger partial charge in [-0.1, -0.05) is 25.1 Å². The molecular weight excluding hydrogens is 399 g/mol. The molecule has 0 atom stereocenters. The van der Waals surface area contributed by atoms with Crippen molar-refractivity contribution in [3.8, 4) is 0 Å². The van der Waals surface area contributed by atoms with Gasteiger partial charge in [0.2, 0.25) is 0 Å². The SMILES string of the molecule is CCCc1nc2c(C)cccc2n1Cc1ccc2c(c1)nc(C1CC1)n2CC(=O)[O-].[Na+]. The van der Waals surface area contributed by atoms with Crippen molar-refractivity contribution in [2.45, 2.75) is 58.5 Å². The summed E-state index contributed by atoms with van der Waals surface area (Å²) in [6, 6.07) is 12.5. The predicted molar refractivity (Wildman–Crippen MR) is 114 cm³/mol. The van der Waals surface area contributed by atoms with Crippen LogP contribution in [0.2, 0.25) is 0 Å². The summed E-state index contributed by atoms with van der Waals surface area (Å²) in [7, 11) is 0. The number of para-hydroxylation sites is 1. The third kappa shape index (κ3) is 4.16. The molecule has 31 heavy (non-hydrogen) atoms. The molecule has 0 bridgehead atoms. The molecule has 5 rings (SSSR count). The summed E-state index contributed by atoms with van der Waals surface area (Å²) in [4.78, 5) is 21.0. The number of aliphatic carboxylic acids is 1. The van der Waals surface area contributed by atoms with Crippen LogP contribution in [0.5, 0.6) is 0 Å². The number of rotatable bonds is 7. The molecule has 1 saturated carbocycles. The van der Waals surface area contributed by atoms with E-state index in [9.17, 15) is 9.90 Å². The maximum atomic E-state index is 11.3. The summed E-state index contributed by atoms with van der Waals surface area (Å²) in [5.74, 6) is 1.27. The number of imidazole rings is 2. The number of fused-ring (bicyclic) bond motifs is 2. The van der Waals surface area contributed by atoms with Crippen molar-refractivity contribution in [2.24, 2.45) is 0 Å². The van der Waals surface area contributed by atoms with E-state index in [0.29, 0.717) is 5.92 Å². The minimum atomic E-state index is -1.08. The van der Waals surface area contributed by atoms with Crippen molar-refractivity contribution in [1.82, 2.24) is 19.1 Å². The Morgan fingerprint density at radius 1 is 1.13 bits per heavy atom. The maximum absolute atomic E-state index is 11.3. The Morgan fingerprint density at radius 3 is 2.65 bits per heavy atom. The molecule has 0 spiro atoms. The summed E-state index contributed by atoms with van der Waals surface area (Å²) in [6.07, 6.45) is 4.12. The molecular formula is C24H25N4NaO2. The van der Waals surface area contributed by atoms with E-state index >= 15 is 0 Å². The molecule has 0 unspecified atom stereocenters. The first-order chi connectivity index (χ1) is 14.5. The van der Waals surface area contributed by atoms with Crippen LogP contribution in [0.4, 0.5) is 0 Å². The molecule has 0 radical (unpaired) electrons. The van der Waals surface area contributed by atoms with Crippen LogP contribution in [-0.4, -0.2) is 25.1 Å². The van der Waals surface area contributed by atoms with E-state index in [1.54, 1.807) is 0 Å². The number of aromatic nitrogens is 4. The van der Waals surface area contributed by atoms with Crippen LogP contribution in [-0.2, 0) is 24.3 Å². The van der Waals surface area contributed by atoms with Crippen molar-refractivity contribution in [1.29, 1.82) is 0 Å². The summed E-state index contributed by atoms with van der Waals surface area (Å²) in [5.41, 5.74) is 6.27. The van der Waals surface area contributed by atoms with E-state index in [-0.39, 0.29) is 36.1 Å². The molecule has 0 amide bonds. The maximum Gasteiger partial charge on any atom is 1.00 e. The fourth-order valence-corrected chi connectivity index (χ4v) is 4.35. The molecule has 7 heteroatoms. The zero-order valence-electron chi connectivity index (χ0n) is 18.4. The Balaban J connectivity index is 0.00000231. The topological polar surface area (TPSA) is 75.8 Å². The molecule has 2 heterocycles. The number of carboxylic acids is 1. The quantitative estimate of drug-likeness (QED) is 0.401. The summed E-state index contributed by atoms with van der Waals surface area (Å²) in [5, 5.41) is 11.3. The van der Waals surface area contributed by atoms with Gasteiger partial charge < -0.3 is 19.0 Å². The zero-order valence-corrected chi connectivity index (χ0v) is 20.4. The van der Waals surface area contributed by atoms with Crippen molar-refractivity contribution in [2.75, 3.05) is 0 Å². The largest absolute Gasteiger partial charge is 1.00 e. The van der Waals surface area contributed by atoms with E-state index in [4.69, 9.17) is 9.97 Å². The molecule has 1 aliphatic rings. The van der Waals surface area contributed by atoms with Crippen molar-refractivity contribution < 1.29 is 39.5 Å². The first kappa shape index (κ1) is 22.1. The van der Waals surface area contributed by atoms with Gasteiger partial charge in [0.05, 0.1) is 34.6 Å².